The first-order valence-corrected chi connectivity index (χ1v) is 15.5. The summed E-state index contributed by atoms with van der Waals surface area (Å²) in [5.74, 6) is -1.41. The zero-order valence-electron chi connectivity index (χ0n) is 25.9. The maximum Gasteiger partial charge on any atom is 0.326 e. The molecule has 2 aromatic heterocycles. The number of carboxylic acid groups (broad SMARTS) is 1. The molecule has 0 aliphatic carbocycles. The zero-order valence-corrected chi connectivity index (χ0v) is 25.9. The molecule has 6 N–H and O–H groups in total. The van der Waals surface area contributed by atoms with Crippen molar-refractivity contribution >= 4 is 22.6 Å². The second kappa shape index (κ2) is 18.8. The van der Waals surface area contributed by atoms with E-state index in [9.17, 15) is 14.7 Å². The van der Waals surface area contributed by atoms with Gasteiger partial charge in [0, 0.05) is 37.6 Å². The number of aromatic nitrogens is 2. The number of aliphatic carboxylic acids is 1. The number of nitrogens with one attached hydrogen (secondary N) is 3. The van der Waals surface area contributed by atoms with Crippen LogP contribution < -0.4 is 21.7 Å². The molecule has 0 fully saturated rings. The van der Waals surface area contributed by atoms with Crippen LogP contribution in [0.3, 0.4) is 0 Å². The number of carboxylic acids is 1. The van der Waals surface area contributed by atoms with E-state index in [0.717, 1.165) is 29.9 Å². The zero-order chi connectivity index (χ0) is 32.4. The molecule has 2 heterocycles. The van der Waals surface area contributed by atoms with E-state index in [1.165, 1.54) is 16.3 Å². The van der Waals surface area contributed by atoms with Crippen molar-refractivity contribution in [3.8, 4) is 0 Å². The lowest BCUT2D eigenvalue weighted by Gasteiger charge is -2.15. The van der Waals surface area contributed by atoms with Crippen molar-refractivity contribution in [2.45, 2.75) is 44.9 Å². The molecular weight excluding hydrogens is 576 g/mol. The van der Waals surface area contributed by atoms with Crippen LogP contribution in [0.5, 0.6) is 0 Å². The summed E-state index contributed by atoms with van der Waals surface area (Å²) in [7, 11) is 0. The molecule has 1 atom stereocenters. The number of carbonyl (C=O) groups excluding carboxylic acids is 1. The smallest absolute Gasteiger partial charge is 0.326 e. The summed E-state index contributed by atoms with van der Waals surface area (Å²) in [6.07, 6.45) is 5.29. The van der Waals surface area contributed by atoms with Gasteiger partial charge in [-0.25, -0.2) is 4.79 Å². The number of amides is 1. The third kappa shape index (κ3) is 11.2. The minimum absolute atomic E-state index is 0.344. The summed E-state index contributed by atoms with van der Waals surface area (Å²) in [6.45, 7) is 3.37. The summed E-state index contributed by atoms with van der Waals surface area (Å²) in [5.41, 5.74) is 10.3. The molecule has 0 aliphatic rings. The molecule has 1 amide bonds. The predicted molar refractivity (Wildman–Crippen MR) is 182 cm³/mol. The van der Waals surface area contributed by atoms with E-state index in [1.54, 1.807) is 24.5 Å². The van der Waals surface area contributed by atoms with Crippen molar-refractivity contribution in [2.75, 3.05) is 13.1 Å². The average molecular weight is 619 g/mol. The average Bonchev–Trinajstić information content (AvgIpc) is 3.10. The van der Waals surface area contributed by atoms with Crippen LogP contribution in [0.2, 0.25) is 0 Å². The first-order chi connectivity index (χ1) is 22.5. The standard InChI is InChI=1S/C26H31N5O3.C11H11N/c32-25(31-24(26(33)34)8-5-14-27-18-22-6-1-3-15-29-22)21-11-9-20(10-12-21)13-17-28-19-23-7-2-4-16-30-23;12-8-10-6-3-5-9-4-1-2-7-11(9)10/h1-4,6-7,9-12,15-16,24,27-28H,5,8,13-14,17-19H2,(H,31,32)(H,33,34);1-7H,8,12H2/t24-;/m0./s1. The van der Waals surface area contributed by atoms with E-state index in [4.69, 9.17) is 5.73 Å². The number of pyridine rings is 2. The van der Waals surface area contributed by atoms with Gasteiger partial charge < -0.3 is 26.8 Å². The van der Waals surface area contributed by atoms with E-state index in [2.05, 4.69) is 50.2 Å². The fraction of sp³-hybridized carbons (Fsp3) is 0.243. The highest BCUT2D eigenvalue weighted by Crippen LogP contribution is 2.17. The number of hydrogen-bond donors (Lipinski definition) is 5. The van der Waals surface area contributed by atoms with Crippen LogP contribution in [0.1, 0.15) is 45.7 Å². The van der Waals surface area contributed by atoms with Crippen LogP contribution in [-0.2, 0) is 30.8 Å². The number of benzene rings is 3. The Bertz CT molecular complexity index is 1630. The van der Waals surface area contributed by atoms with Gasteiger partial charge in [-0.2, -0.15) is 0 Å². The third-order valence-corrected chi connectivity index (χ3v) is 7.42. The van der Waals surface area contributed by atoms with Crippen LogP contribution in [0.4, 0.5) is 0 Å². The van der Waals surface area contributed by atoms with Crippen LogP contribution in [0, 0.1) is 0 Å². The minimum atomic E-state index is -1.03. The van der Waals surface area contributed by atoms with E-state index >= 15 is 0 Å². The summed E-state index contributed by atoms with van der Waals surface area (Å²) in [4.78, 5) is 32.7. The van der Waals surface area contributed by atoms with E-state index < -0.39 is 12.0 Å². The van der Waals surface area contributed by atoms with Gasteiger partial charge in [0.15, 0.2) is 0 Å². The summed E-state index contributed by atoms with van der Waals surface area (Å²) in [6, 6.07) is 32.4. The fourth-order valence-corrected chi connectivity index (χ4v) is 4.89. The molecule has 0 spiro atoms. The fourth-order valence-electron chi connectivity index (χ4n) is 4.89. The van der Waals surface area contributed by atoms with Gasteiger partial charge >= 0.3 is 5.97 Å². The van der Waals surface area contributed by atoms with Gasteiger partial charge in [0.05, 0.1) is 11.4 Å². The van der Waals surface area contributed by atoms with Crippen LogP contribution in [0.25, 0.3) is 10.8 Å². The lowest BCUT2D eigenvalue weighted by Crippen LogP contribution is -2.41. The maximum atomic E-state index is 12.5. The largest absolute Gasteiger partial charge is 0.480 e. The number of nitrogens with zero attached hydrogens (tertiary/aromatic N) is 2. The molecule has 3 aromatic carbocycles. The molecule has 0 radical (unpaired) electrons. The van der Waals surface area contributed by atoms with Crippen molar-refractivity contribution in [2.24, 2.45) is 5.73 Å². The van der Waals surface area contributed by atoms with Crippen molar-refractivity contribution < 1.29 is 14.7 Å². The maximum absolute atomic E-state index is 12.5. The predicted octanol–water partition coefficient (Wildman–Crippen LogP) is 4.86. The Morgan fingerprint density at radius 1 is 0.739 bits per heavy atom. The Labute approximate surface area is 270 Å². The lowest BCUT2D eigenvalue weighted by molar-refractivity contribution is -0.139. The van der Waals surface area contributed by atoms with E-state index in [0.29, 0.717) is 44.6 Å². The quantitative estimate of drug-likeness (QED) is 0.105. The molecule has 9 heteroatoms. The Kier molecular flexibility index (Phi) is 13.8. The highest BCUT2D eigenvalue weighted by atomic mass is 16.4. The first-order valence-electron chi connectivity index (χ1n) is 15.5. The van der Waals surface area contributed by atoms with Gasteiger partial charge in [0.2, 0.25) is 0 Å². The number of rotatable bonds is 15. The monoisotopic (exact) mass is 618 g/mol. The first kappa shape index (κ1) is 33.9. The molecular formula is C37H42N6O3. The third-order valence-electron chi connectivity index (χ3n) is 7.42. The van der Waals surface area contributed by atoms with E-state index in [1.807, 2.05) is 66.7 Å². The van der Waals surface area contributed by atoms with E-state index in [-0.39, 0.29) is 5.91 Å². The second-order valence-electron chi connectivity index (χ2n) is 10.8. The normalized spacial score (nSPS) is 11.3. The molecule has 0 saturated heterocycles. The van der Waals surface area contributed by atoms with Gasteiger partial charge in [-0.05, 0) is 90.6 Å². The molecule has 0 unspecified atom stereocenters. The van der Waals surface area contributed by atoms with Crippen LogP contribution in [-0.4, -0.2) is 46.1 Å². The van der Waals surface area contributed by atoms with Crippen molar-refractivity contribution in [3.63, 3.8) is 0 Å². The van der Waals surface area contributed by atoms with Gasteiger partial charge in [0.1, 0.15) is 6.04 Å². The van der Waals surface area contributed by atoms with Crippen molar-refractivity contribution in [3.05, 3.63) is 144 Å². The van der Waals surface area contributed by atoms with Crippen LogP contribution >= 0.6 is 0 Å². The Hall–Kier alpha value is -4.96. The number of nitrogens with two attached hydrogens (primary N) is 1. The summed E-state index contributed by atoms with van der Waals surface area (Å²) < 4.78 is 0. The molecule has 5 aromatic rings. The van der Waals surface area contributed by atoms with Gasteiger partial charge in [-0.3, -0.25) is 14.8 Å². The van der Waals surface area contributed by atoms with Crippen molar-refractivity contribution in [1.82, 2.24) is 25.9 Å². The summed E-state index contributed by atoms with van der Waals surface area (Å²) in [5, 5.41) is 21.2. The highest BCUT2D eigenvalue weighted by molar-refractivity contribution is 5.96. The molecule has 5 rings (SSSR count). The lowest BCUT2D eigenvalue weighted by atomic mass is 10.1. The van der Waals surface area contributed by atoms with Crippen LogP contribution in [0.15, 0.2) is 116 Å². The molecule has 238 valence electrons. The van der Waals surface area contributed by atoms with Gasteiger partial charge in [-0.1, -0.05) is 66.7 Å². The molecule has 0 saturated carbocycles. The number of fused-ring (bicyclic) bond motifs is 1. The molecule has 0 aliphatic heterocycles. The summed E-state index contributed by atoms with van der Waals surface area (Å²) >= 11 is 0. The second-order valence-corrected chi connectivity index (χ2v) is 10.8. The molecule has 9 nitrogen and oxygen atoms in total. The number of carbonyl (C=O) groups is 2. The molecule has 0 bridgehead atoms. The SMILES string of the molecule is NCc1cccc2ccccc12.O=C(N[C@@H](CCCNCc1ccccn1)C(=O)O)c1ccc(CCNCc2ccccn2)cc1. The van der Waals surface area contributed by atoms with Crippen molar-refractivity contribution in [1.29, 1.82) is 0 Å². The minimum Gasteiger partial charge on any atom is -0.480 e. The molecule has 46 heavy (non-hydrogen) atoms. The Morgan fingerprint density at radius 2 is 1.37 bits per heavy atom. The number of hydrogen-bond acceptors (Lipinski definition) is 7. The topological polar surface area (TPSA) is 142 Å². The van der Waals surface area contributed by atoms with Gasteiger partial charge in [-0.15, -0.1) is 0 Å². The van der Waals surface area contributed by atoms with Gasteiger partial charge in [0.25, 0.3) is 5.91 Å². The highest BCUT2D eigenvalue weighted by Gasteiger charge is 2.20. The Morgan fingerprint density at radius 3 is 2.00 bits per heavy atom. The Balaban J connectivity index is 0.000000331.